The molecule has 0 saturated heterocycles. The van der Waals surface area contributed by atoms with Crippen LogP contribution in [0.3, 0.4) is 0 Å². The van der Waals surface area contributed by atoms with E-state index in [-0.39, 0.29) is 0 Å². The number of benzene rings is 2. The first-order valence-electron chi connectivity index (χ1n) is 8.30. The predicted molar refractivity (Wildman–Crippen MR) is 108 cm³/mol. The number of rotatable bonds is 3. The molecule has 0 aromatic heterocycles. The molecule has 2 aromatic rings. The van der Waals surface area contributed by atoms with E-state index in [0.717, 1.165) is 6.54 Å². The van der Waals surface area contributed by atoms with Gasteiger partial charge >= 0.3 is 0 Å². The van der Waals surface area contributed by atoms with Gasteiger partial charge in [0.2, 0.25) is 0 Å². The summed E-state index contributed by atoms with van der Waals surface area (Å²) in [6.07, 6.45) is 7.87. The fourth-order valence-electron chi connectivity index (χ4n) is 2.60. The summed E-state index contributed by atoms with van der Waals surface area (Å²) in [4.78, 5) is 5.08. The van der Waals surface area contributed by atoms with Crippen molar-refractivity contribution in [3.8, 4) is 0 Å². The van der Waals surface area contributed by atoms with E-state index in [0.29, 0.717) is 0 Å². The standard InChI is InChI=1S/C14H13NS.C8H12/c1-2-15-11-7-3-5-9-13(11)16-14-10-6-4-8-12(14)15;1-4-7-8(5-2)6-3/h3-10H,2H2,1H3;4-7H,2H2,1,3H3/b;7-4-,8-6-. The average molecular weight is 336 g/mol. The fraction of sp³-hybridized carbons (Fsp3) is 0.182. The van der Waals surface area contributed by atoms with Gasteiger partial charge < -0.3 is 4.90 Å². The summed E-state index contributed by atoms with van der Waals surface area (Å²) in [5, 5.41) is 0. The lowest BCUT2D eigenvalue weighted by molar-refractivity contribution is 0.979. The lowest BCUT2D eigenvalue weighted by atomic mass is 10.2. The van der Waals surface area contributed by atoms with Gasteiger partial charge in [0.1, 0.15) is 0 Å². The maximum atomic E-state index is 3.63. The van der Waals surface area contributed by atoms with Gasteiger partial charge in [-0.1, -0.05) is 66.9 Å². The molecule has 0 amide bonds. The molecule has 1 heterocycles. The molecule has 124 valence electrons. The molecule has 0 atom stereocenters. The van der Waals surface area contributed by atoms with E-state index >= 15 is 0 Å². The van der Waals surface area contributed by atoms with Crippen molar-refractivity contribution in [2.24, 2.45) is 0 Å². The van der Waals surface area contributed by atoms with Crippen LogP contribution >= 0.6 is 11.8 Å². The maximum Gasteiger partial charge on any atom is 0.0552 e. The maximum absolute atomic E-state index is 3.63. The van der Waals surface area contributed by atoms with Crippen LogP contribution in [0.2, 0.25) is 0 Å². The molecule has 0 unspecified atom stereocenters. The smallest absolute Gasteiger partial charge is 0.0552 e. The minimum absolute atomic E-state index is 1.01. The monoisotopic (exact) mass is 335 g/mol. The van der Waals surface area contributed by atoms with Gasteiger partial charge in [-0.25, -0.2) is 0 Å². The number of fused-ring (bicyclic) bond motifs is 2. The highest BCUT2D eigenvalue weighted by molar-refractivity contribution is 7.99. The second-order valence-electron chi connectivity index (χ2n) is 5.27. The van der Waals surface area contributed by atoms with Crippen LogP contribution < -0.4 is 4.90 Å². The number of hydrogen-bond acceptors (Lipinski definition) is 2. The summed E-state index contributed by atoms with van der Waals surface area (Å²) >= 11 is 1.86. The number of allylic oxidation sites excluding steroid dienone is 5. The van der Waals surface area contributed by atoms with Gasteiger partial charge in [-0.05, 0) is 50.6 Å². The minimum Gasteiger partial charge on any atom is -0.340 e. The lowest BCUT2D eigenvalue weighted by Crippen LogP contribution is -2.19. The molecule has 1 aliphatic heterocycles. The second-order valence-corrected chi connectivity index (χ2v) is 6.36. The Hall–Kier alpha value is -2.19. The number of anilines is 2. The molecule has 0 saturated carbocycles. The summed E-state index contributed by atoms with van der Waals surface area (Å²) in [6.45, 7) is 10.8. The van der Waals surface area contributed by atoms with Crippen LogP contribution in [-0.2, 0) is 0 Å². The van der Waals surface area contributed by atoms with E-state index in [1.54, 1.807) is 0 Å². The van der Waals surface area contributed by atoms with Crippen LogP contribution in [-0.4, -0.2) is 6.54 Å². The Morgan fingerprint density at radius 1 is 1.00 bits per heavy atom. The number of nitrogens with zero attached hydrogens (tertiary/aromatic N) is 1. The van der Waals surface area contributed by atoms with Gasteiger partial charge in [0.15, 0.2) is 0 Å². The Balaban J connectivity index is 0.000000224. The molecular formula is C22H25NS. The van der Waals surface area contributed by atoms with Crippen LogP contribution in [0.4, 0.5) is 11.4 Å². The summed E-state index contributed by atoms with van der Waals surface area (Å²) in [5.41, 5.74) is 3.83. The predicted octanol–water partition coefficient (Wildman–Crippen LogP) is 7.00. The molecule has 0 radical (unpaired) electrons. The Morgan fingerprint density at radius 2 is 1.54 bits per heavy atom. The third-order valence-corrected chi connectivity index (χ3v) is 4.91. The quantitative estimate of drug-likeness (QED) is 0.555. The van der Waals surface area contributed by atoms with E-state index in [1.165, 1.54) is 26.7 Å². The normalized spacial score (nSPS) is 13.0. The molecular weight excluding hydrogens is 310 g/mol. The molecule has 0 spiro atoms. The fourth-order valence-corrected chi connectivity index (χ4v) is 3.69. The second kappa shape index (κ2) is 9.19. The zero-order chi connectivity index (χ0) is 17.4. The minimum atomic E-state index is 1.01. The van der Waals surface area contributed by atoms with Gasteiger partial charge in [-0.2, -0.15) is 0 Å². The molecule has 0 aliphatic carbocycles. The molecule has 1 nitrogen and oxygen atoms in total. The summed E-state index contributed by atoms with van der Waals surface area (Å²) in [6, 6.07) is 17.2. The third kappa shape index (κ3) is 4.21. The van der Waals surface area contributed by atoms with Crippen molar-refractivity contribution in [2.75, 3.05) is 11.4 Å². The van der Waals surface area contributed by atoms with Gasteiger partial charge in [0.25, 0.3) is 0 Å². The van der Waals surface area contributed by atoms with Crippen molar-refractivity contribution in [3.05, 3.63) is 85.0 Å². The Kier molecular flexibility index (Phi) is 6.95. The van der Waals surface area contributed by atoms with Crippen molar-refractivity contribution >= 4 is 23.1 Å². The Bertz CT molecular complexity index is 698. The Labute approximate surface area is 150 Å². The SMILES string of the molecule is C=CC(/C=C\C)=C/C.CCN1c2ccccc2Sc2ccccc21. The van der Waals surface area contributed by atoms with E-state index in [1.807, 2.05) is 49.9 Å². The Morgan fingerprint density at radius 3 is 1.92 bits per heavy atom. The van der Waals surface area contributed by atoms with Crippen LogP contribution in [0.25, 0.3) is 0 Å². The highest BCUT2D eigenvalue weighted by Gasteiger charge is 2.20. The number of hydrogen-bond donors (Lipinski definition) is 0. The van der Waals surface area contributed by atoms with E-state index in [4.69, 9.17) is 0 Å². The molecule has 0 fully saturated rings. The topological polar surface area (TPSA) is 3.24 Å². The zero-order valence-electron chi connectivity index (χ0n) is 14.7. The van der Waals surface area contributed by atoms with Crippen LogP contribution in [0, 0.1) is 0 Å². The summed E-state index contributed by atoms with van der Waals surface area (Å²) in [5.74, 6) is 0. The molecule has 0 bridgehead atoms. The number of para-hydroxylation sites is 2. The molecule has 0 N–H and O–H groups in total. The highest BCUT2D eigenvalue weighted by Crippen LogP contribution is 2.47. The van der Waals surface area contributed by atoms with Crippen molar-refractivity contribution < 1.29 is 0 Å². The van der Waals surface area contributed by atoms with Crippen LogP contribution in [0.1, 0.15) is 20.8 Å². The van der Waals surface area contributed by atoms with Crippen molar-refractivity contribution in [3.63, 3.8) is 0 Å². The van der Waals surface area contributed by atoms with E-state index in [9.17, 15) is 0 Å². The van der Waals surface area contributed by atoms with Gasteiger partial charge in [0, 0.05) is 16.3 Å². The average Bonchev–Trinajstić information content (AvgIpc) is 2.64. The molecule has 1 aliphatic rings. The van der Waals surface area contributed by atoms with E-state index < -0.39 is 0 Å². The van der Waals surface area contributed by atoms with Gasteiger partial charge in [0.05, 0.1) is 11.4 Å². The third-order valence-electron chi connectivity index (χ3n) is 3.78. The molecule has 2 heteroatoms. The van der Waals surface area contributed by atoms with Crippen molar-refractivity contribution in [2.45, 2.75) is 30.6 Å². The first-order valence-corrected chi connectivity index (χ1v) is 9.11. The molecule has 24 heavy (non-hydrogen) atoms. The lowest BCUT2D eigenvalue weighted by Gasteiger charge is -2.31. The summed E-state index contributed by atoms with van der Waals surface area (Å²) in [7, 11) is 0. The first-order chi connectivity index (χ1) is 11.7. The molecule has 3 rings (SSSR count). The van der Waals surface area contributed by atoms with E-state index in [2.05, 4.69) is 66.9 Å². The van der Waals surface area contributed by atoms with Gasteiger partial charge in [-0.15, -0.1) is 0 Å². The van der Waals surface area contributed by atoms with Gasteiger partial charge in [-0.3, -0.25) is 0 Å². The molecule has 2 aromatic carbocycles. The van der Waals surface area contributed by atoms with Crippen molar-refractivity contribution in [1.82, 2.24) is 0 Å². The first kappa shape index (κ1) is 18.2. The van der Waals surface area contributed by atoms with Crippen LogP contribution in [0.5, 0.6) is 0 Å². The zero-order valence-corrected chi connectivity index (χ0v) is 15.5. The summed E-state index contributed by atoms with van der Waals surface area (Å²) < 4.78 is 0. The van der Waals surface area contributed by atoms with Crippen molar-refractivity contribution in [1.29, 1.82) is 0 Å². The van der Waals surface area contributed by atoms with Crippen LogP contribution in [0.15, 0.2) is 94.8 Å². The highest BCUT2D eigenvalue weighted by atomic mass is 32.2. The largest absolute Gasteiger partial charge is 0.340 e.